The quantitative estimate of drug-likeness (QED) is 0.719. The maximum Gasteiger partial charge on any atom is 0.248 e. The summed E-state index contributed by atoms with van der Waals surface area (Å²) in [6.45, 7) is 7.49. The van der Waals surface area contributed by atoms with Gasteiger partial charge in [0.05, 0.1) is 12.3 Å². The Kier molecular flexibility index (Phi) is 5.89. The monoisotopic (exact) mass is 418 g/mol. The lowest BCUT2D eigenvalue weighted by atomic mass is 9.85. The molecule has 2 aromatic rings. The molecule has 2 unspecified atom stereocenters. The molecule has 0 bridgehead atoms. The second-order valence-corrected chi connectivity index (χ2v) is 8.68. The second-order valence-electron chi connectivity index (χ2n) is 8.68. The molecule has 2 N–H and O–H groups in total. The van der Waals surface area contributed by atoms with E-state index in [2.05, 4.69) is 20.6 Å². The van der Waals surface area contributed by atoms with Gasteiger partial charge in [0.2, 0.25) is 17.8 Å². The molecule has 0 aromatic carbocycles. The predicted molar refractivity (Wildman–Crippen MR) is 107 cm³/mol. The highest BCUT2D eigenvalue weighted by Gasteiger charge is 2.45. The highest BCUT2D eigenvalue weighted by atomic mass is 19.1. The van der Waals surface area contributed by atoms with Crippen molar-refractivity contribution < 1.29 is 19.1 Å². The molecule has 1 saturated heterocycles. The zero-order valence-electron chi connectivity index (χ0n) is 17.8. The van der Waals surface area contributed by atoms with Gasteiger partial charge >= 0.3 is 0 Å². The van der Waals surface area contributed by atoms with Crippen molar-refractivity contribution in [2.75, 3.05) is 13.6 Å². The molecular weight excluding hydrogens is 391 g/mol. The second kappa shape index (κ2) is 8.10. The number of aliphatic hydroxyl groups excluding tert-OH is 1. The normalized spacial score (nSPS) is 20.3. The van der Waals surface area contributed by atoms with E-state index in [1.165, 1.54) is 28.9 Å². The Labute approximate surface area is 174 Å². The van der Waals surface area contributed by atoms with Crippen molar-refractivity contribution in [3.05, 3.63) is 30.0 Å². The number of halogens is 1. The Morgan fingerprint density at radius 2 is 2.07 bits per heavy atom. The number of rotatable bonds is 4. The summed E-state index contributed by atoms with van der Waals surface area (Å²) in [7, 11) is 1.50. The van der Waals surface area contributed by atoms with Crippen LogP contribution in [-0.4, -0.2) is 67.5 Å². The number of β-amino-alcohol motifs (C(OH)–C–C–N with tert-alkyl or cyclic N) is 1. The molecule has 1 fully saturated rings. The third kappa shape index (κ3) is 4.18. The van der Waals surface area contributed by atoms with Gasteiger partial charge in [-0.2, -0.15) is 4.39 Å². The van der Waals surface area contributed by atoms with Crippen LogP contribution in [-0.2, 0) is 9.59 Å². The number of hydrogen-bond acceptors (Lipinski definition) is 6. The van der Waals surface area contributed by atoms with E-state index in [-0.39, 0.29) is 24.8 Å². The summed E-state index contributed by atoms with van der Waals surface area (Å²) in [6.07, 6.45) is 2.42. The summed E-state index contributed by atoms with van der Waals surface area (Å²) >= 11 is 0. The molecule has 162 valence electrons. The Balaban J connectivity index is 1.97. The summed E-state index contributed by atoms with van der Waals surface area (Å²) in [6, 6.07) is -0.195. The average molecular weight is 418 g/mol. The standard InChI is InChI=1S/C20H27FN6O3/c1-11-6-16(21)23-8-13(11)14-10-27(25-24-14)17(20(2,3)4)19(30)26-9-12(28)7-15(26)18(29)22-5/h6,8,10,12,15,17,28H,7,9H2,1-5H3,(H,22,29)/t12?,15?,17-/m1/s1. The van der Waals surface area contributed by atoms with Crippen LogP contribution in [0.3, 0.4) is 0 Å². The highest BCUT2D eigenvalue weighted by Crippen LogP contribution is 2.35. The molecule has 0 aliphatic carbocycles. The summed E-state index contributed by atoms with van der Waals surface area (Å²) in [5, 5.41) is 20.9. The van der Waals surface area contributed by atoms with Crippen molar-refractivity contribution >= 4 is 11.8 Å². The van der Waals surface area contributed by atoms with Crippen molar-refractivity contribution in [2.45, 2.75) is 52.3 Å². The summed E-state index contributed by atoms with van der Waals surface area (Å²) in [5.41, 5.74) is 1.17. The van der Waals surface area contributed by atoms with Crippen LogP contribution < -0.4 is 5.32 Å². The van der Waals surface area contributed by atoms with Crippen molar-refractivity contribution in [2.24, 2.45) is 5.41 Å². The van der Waals surface area contributed by atoms with Crippen molar-refractivity contribution in [3.63, 3.8) is 0 Å². The van der Waals surface area contributed by atoms with E-state index in [0.717, 1.165) is 0 Å². The maximum absolute atomic E-state index is 13.5. The lowest BCUT2D eigenvalue weighted by molar-refractivity contribution is -0.144. The van der Waals surface area contributed by atoms with Gasteiger partial charge in [-0.25, -0.2) is 9.67 Å². The zero-order valence-corrected chi connectivity index (χ0v) is 17.8. The smallest absolute Gasteiger partial charge is 0.248 e. The molecule has 1 aliphatic rings. The Morgan fingerprint density at radius 1 is 1.37 bits per heavy atom. The van der Waals surface area contributed by atoms with E-state index in [1.807, 2.05) is 20.8 Å². The summed E-state index contributed by atoms with van der Waals surface area (Å²) in [5.74, 6) is -1.22. The van der Waals surface area contributed by atoms with Crippen LogP contribution in [0.25, 0.3) is 11.3 Å². The van der Waals surface area contributed by atoms with E-state index < -0.39 is 29.6 Å². The third-order valence-corrected chi connectivity index (χ3v) is 5.29. The Hall–Kier alpha value is -2.88. The first-order valence-corrected chi connectivity index (χ1v) is 9.77. The number of carbonyl (C=O) groups is 2. The van der Waals surface area contributed by atoms with Crippen LogP contribution in [0.15, 0.2) is 18.5 Å². The number of amides is 2. The number of pyridine rings is 1. The minimum atomic E-state index is -0.767. The first-order chi connectivity index (χ1) is 14.0. The summed E-state index contributed by atoms with van der Waals surface area (Å²) < 4.78 is 14.8. The van der Waals surface area contributed by atoms with Gasteiger partial charge in [0.1, 0.15) is 17.8 Å². The SMILES string of the molecule is CNC(=O)C1CC(O)CN1C(=O)[C@@H](n1cc(-c2cnc(F)cc2C)nn1)C(C)(C)C. The van der Waals surface area contributed by atoms with Gasteiger partial charge < -0.3 is 15.3 Å². The summed E-state index contributed by atoms with van der Waals surface area (Å²) in [4.78, 5) is 30.8. The number of likely N-dealkylation sites (N-methyl/N-ethyl adjacent to an activating group) is 1. The molecule has 0 saturated carbocycles. The number of likely N-dealkylation sites (tertiary alicyclic amines) is 1. The van der Waals surface area contributed by atoms with Gasteiger partial charge in [-0.1, -0.05) is 26.0 Å². The Bertz CT molecular complexity index is 954. The van der Waals surface area contributed by atoms with Gasteiger partial charge in [-0.3, -0.25) is 9.59 Å². The molecule has 2 aromatic heterocycles. The van der Waals surface area contributed by atoms with Crippen LogP contribution >= 0.6 is 0 Å². The van der Waals surface area contributed by atoms with Crippen LogP contribution in [0, 0.1) is 18.3 Å². The molecule has 10 heteroatoms. The molecular formula is C20H27FN6O3. The number of aromatic nitrogens is 4. The maximum atomic E-state index is 13.5. The van der Waals surface area contributed by atoms with Gasteiger partial charge in [0, 0.05) is 31.8 Å². The van der Waals surface area contributed by atoms with Crippen LogP contribution in [0.4, 0.5) is 4.39 Å². The number of hydrogen-bond donors (Lipinski definition) is 2. The molecule has 30 heavy (non-hydrogen) atoms. The highest BCUT2D eigenvalue weighted by molar-refractivity contribution is 5.90. The van der Waals surface area contributed by atoms with Crippen molar-refractivity contribution in [1.29, 1.82) is 0 Å². The van der Waals surface area contributed by atoms with Crippen molar-refractivity contribution in [1.82, 2.24) is 30.2 Å². The molecule has 3 atom stereocenters. The van der Waals surface area contributed by atoms with Crippen LogP contribution in [0.2, 0.25) is 0 Å². The molecule has 1 aliphatic heterocycles. The predicted octanol–water partition coefficient (Wildman–Crippen LogP) is 1.08. The lowest BCUT2D eigenvalue weighted by Gasteiger charge is -2.34. The van der Waals surface area contributed by atoms with Gasteiger partial charge in [0.25, 0.3) is 0 Å². The fourth-order valence-corrected chi connectivity index (χ4v) is 3.83. The van der Waals surface area contributed by atoms with E-state index >= 15 is 0 Å². The first kappa shape index (κ1) is 21.8. The van der Waals surface area contributed by atoms with Gasteiger partial charge in [-0.15, -0.1) is 5.10 Å². The zero-order chi connectivity index (χ0) is 22.2. The largest absolute Gasteiger partial charge is 0.391 e. The van der Waals surface area contributed by atoms with Crippen molar-refractivity contribution in [3.8, 4) is 11.3 Å². The third-order valence-electron chi connectivity index (χ3n) is 5.29. The minimum absolute atomic E-state index is 0.0754. The van der Waals surface area contributed by atoms with E-state index in [9.17, 15) is 19.1 Å². The minimum Gasteiger partial charge on any atom is -0.391 e. The molecule has 0 radical (unpaired) electrons. The Morgan fingerprint density at radius 3 is 2.67 bits per heavy atom. The van der Waals surface area contributed by atoms with Crippen LogP contribution in [0.1, 0.15) is 38.8 Å². The molecule has 9 nitrogen and oxygen atoms in total. The van der Waals surface area contributed by atoms with E-state index in [0.29, 0.717) is 16.8 Å². The number of carbonyl (C=O) groups excluding carboxylic acids is 2. The lowest BCUT2D eigenvalue weighted by Crippen LogP contribution is -2.49. The number of nitrogens with zero attached hydrogens (tertiary/aromatic N) is 5. The fraction of sp³-hybridized carbons (Fsp3) is 0.550. The number of aliphatic hydroxyl groups is 1. The van der Waals surface area contributed by atoms with E-state index in [4.69, 9.17) is 0 Å². The van der Waals surface area contributed by atoms with Crippen LogP contribution in [0.5, 0.6) is 0 Å². The van der Waals surface area contributed by atoms with E-state index in [1.54, 1.807) is 13.1 Å². The fourth-order valence-electron chi connectivity index (χ4n) is 3.83. The molecule has 3 rings (SSSR count). The number of nitrogens with one attached hydrogen (secondary N) is 1. The topological polar surface area (TPSA) is 113 Å². The number of aryl methyl sites for hydroxylation is 1. The van der Waals surface area contributed by atoms with Gasteiger partial charge in [-0.05, 0) is 24.0 Å². The van der Waals surface area contributed by atoms with Gasteiger partial charge in [0.15, 0.2) is 0 Å². The first-order valence-electron chi connectivity index (χ1n) is 9.77. The average Bonchev–Trinajstić information content (AvgIpc) is 3.27. The molecule has 3 heterocycles. The molecule has 2 amide bonds. The molecule has 0 spiro atoms.